The van der Waals surface area contributed by atoms with Gasteiger partial charge in [-0.25, -0.2) is 4.79 Å². The quantitative estimate of drug-likeness (QED) is 0.644. The number of benzene rings is 2. The van der Waals surface area contributed by atoms with Gasteiger partial charge in [-0.1, -0.05) is 30.3 Å². The van der Waals surface area contributed by atoms with Crippen LogP contribution in [0.25, 0.3) is 11.0 Å². The predicted molar refractivity (Wildman–Crippen MR) is 81.2 cm³/mol. The summed E-state index contributed by atoms with van der Waals surface area (Å²) in [7, 11) is 0. The number of carbonyl (C=O) groups excluding carboxylic acids is 1. The molecular formula is C18H12O4. The number of fused-ring (bicyclic) bond motifs is 3. The summed E-state index contributed by atoms with van der Waals surface area (Å²) in [6, 6.07) is 16.2. The average Bonchev–Trinajstić information content (AvgIpc) is 2.55. The largest absolute Gasteiger partial charge is 0.484 e. The van der Waals surface area contributed by atoms with Crippen LogP contribution in [0.2, 0.25) is 0 Å². The van der Waals surface area contributed by atoms with E-state index in [0.717, 1.165) is 5.56 Å². The molecular weight excluding hydrogens is 280 g/mol. The van der Waals surface area contributed by atoms with Crippen molar-refractivity contribution < 1.29 is 13.9 Å². The van der Waals surface area contributed by atoms with E-state index in [1.807, 2.05) is 30.3 Å². The zero-order valence-electron chi connectivity index (χ0n) is 11.6. The maximum absolute atomic E-state index is 12.6. The molecule has 1 aliphatic rings. The maximum atomic E-state index is 12.6. The SMILES string of the molecule is O=C1CC(c2ccccc2)Oc2ccc3ccc(=O)oc3c21. The van der Waals surface area contributed by atoms with Crippen LogP contribution in [0.4, 0.5) is 0 Å². The molecule has 4 heteroatoms. The second kappa shape index (κ2) is 4.84. The van der Waals surface area contributed by atoms with Crippen molar-refractivity contribution in [3.63, 3.8) is 0 Å². The standard InChI is InChI=1S/C18H12O4/c19-13-10-15(11-4-2-1-3-5-11)21-14-8-6-12-7-9-16(20)22-18(12)17(13)14/h1-9,15H,10H2. The fourth-order valence-corrected chi connectivity index (χ4v) is 2.80. The van der Waals surface area contributed by atoms with E-state index < -0.39 is 5.63 Å². The molecule has 3 aromatic rings. The Hall–Kier alpha value is -2.88. The molecule has 1 unspecified atom stereocenters. The van der Waals surface area contributed by atoms with E-state index in [-0.39, 0.29) is 18.3 Å². The van der Waals surface area contributed by atoms with Crippen molar-refractivity contribution in [2.24, 2.45) is 0 Å². The van der Waals surface area contributed by atoms with Gasteiger partial charge in [-0.3, -0.25) is 4.79 Å². The highest BCUT2D eigenvalue weighted by Crippen LogP contribution is 2.38. The molecule has 2 heterocycles. The minimum atomic E-state index is -0.473. The summed E-state index contributed by atoms with van der Waals surface area (Å²) in [6.07, 6.45) is -0.0801. The van der Waals surface area contributed by atoms with Crippen molar-refractivity contribution in [3.8, 4) is 5.75 Å². The molecule has 0 bridgehead atoms. The first-order chi connectivity index (χ1) is 10.7. The van der Waals surface area contributed by atoms with Gasteiger partial charge in [-0.2, -0.15) is 0 Å². The van der Waals surface area contributed by atoms with Gasteiger partial charge in [-0.05, 0) is 23.8 Å². The van der Waals surface area contributed by atoms with Crippen LogP contribution in [-0.2, 0) is 0 Å². The zero-order chi connectivity index (χ0) is 15.1. The molecule has 2 aromatic carbocycles. The van der Waals surface area contributed by atoms with Gasteiger partial charge in [0.05, 0.1) is 6.42 Å². The highest BCUT2D eigenvalue weighted by molar-refractivity contribution is 6.09. The van der Waals surface area contributed by atoms with Gasteiger partial charge in [-0.15, -0.1) is 0 Å². The lowest BCUT2D eigenvalue weighted by Crippen LogP contribution is -2.20. The van der Waals surface area contributed by atoms with E-state index in [1.54, 1.807) is 18.2 Å². The number of rotatable bonds is 1. The first kappa shape index (κ1) is 12.8. The molecule has 1 atom stereocenters. The van der Waals surface area contributed by atoms with E-state index in [2.05, 4.69) is 0 Å². The van der Waals surface area contributed by atoms with Gasteiger partial charge >= 0.3 is 5.63 Å². The van der Waals surface area contributed by atoms with Gasteiger partial charge in [0.2, 0.25) is 0 Å². The number of Topliss-reactive ketones (excluding diaryl/α,β-unsaturated/α-hetero) is 1. The Bertz CT molecular complexity index is 925. The Labute approximate surface area is 126 Å². The van der Waals surface area contributed by atoms with Gasteiger partial charge in [0.1, 0.15) is 17.4 Å². The third kappa shape index (κ3) is 2.00. The summed E-state index contributed by atoms with van der Waals surface area (Å²) >= 11 is 0. The second-order valence-corrected chi connectivity index (χ2v) is 5.26. The molecule has 0 radical (unpaired) electrons. The Morgan fingerprint density at radius 1 is 0.909 bits per heavy atom. The van der Waals surface area contributed by atoms with Gasteiger partial charge in [0.15, 0.2) is 11.4 Å². The van der Waals surface area contributed by atoms with E-state index in [0.29, 0.717) is 22.3 Å². The van der Waals surface area contributed by atoms with Crippen molar-refractivity contribution >= 4 is 16.8 Å². The number of ketones is 1. The molecule has 0 aliphatic carbocycles. The average molecular weight is 292 g/mol. The molecule has 0 spiro atoms. The first-order valence-electron chi connectivity index (χ1n) is 7.04. The lowest BCUT2D eigenvalue weighted by molar-refractivity contribution is 0.0851. The summed E-state index contributed by atoms with van der Waals surface area (Å²) in [5.74, 6) is 0.391. The number of hydrogen-bond acceptors (Lipinski definition) is 4. The molecule has 4 rings (SSSR count). The number of carbonyl (C=O) groups is 1. The number of ether oxygens (including phenoxy) is 1. The monoisotopic (exact) mass is 292 g/mol. The molecule has 0 amide bonds. The summed E-state index contributed by atoms with van der Waals surface area (Å²) in [5, 5.41) is 0.716. The smallest absolute Gasteiger partial charge is 0.336 e. The van der Waals surface area contributed by atoms with Crippen LogP contribution in [-0.4, -0.2) is 5.78 Å². The summed E-state index contributed by atoms with van der Waals surface area (Å²) in [6.45, 7) is 0. The molecule has 0 N–H and O–H groups in total. The maximum Gasteiger partial charge on any atom is 0.336 e. The van der Waals surface area contributed by atoms with Crippen molar-refractivity contribution in [2.75, 3.05) is 0 Å². The summed E-state index contributed by atoms with van der Waals surface area (Å²) in [5.41, 5.74) is 1.15. The fourth-order valence-electron chi connectivity index (χ4n) is 2.80. The Morgan fingerprint density at radius 2 is 1.68 bits per heavy atom. The Kier molecular flexibility index (Phi) is 2.82. The van der Waals surface area contributed by atoms with Crippen LogP contribution in [0.3, 0.4) is 0 Å². The second-order valence-electron chi connectivity index (χ2n) is 5.26. The third-order valence-electron chi connectivity index (χ3n) is 3.84. The van der Waals surface area contributed by atoms with E-state index in [9.17, 15) is 9.59 Å². The summed E-state index contributed by atoms with van der Waals surface area (Å²) in [4.78, 5) is 24.0. The lowest BCUT2D eigenvalue weighted by Gasteiger charge is -2.25. The lowest BCUT2D eigenvalue weighted by atomic mass is 9.95. The van der Waals surface area contributed by atoms with Crippen LogP contribution < -0.4 is 10.4 Å². The Morgan fingerprint density at radius 3 is 2.50 bits per heavy atom. The zero-order valence-corrected chi connectivity index (χ0v) is 11.6. The third-order valence-corrected chi connectivity index (χ3v) is 3.84. The number of hydrogen-bond donors (Lipinski definition) is 0. The minimum absolute atomic E-state index is 0.0740. The first-order valence-corrected chi connectivity index (χ1v) is 7.04. The van der Waals surface area contributed by atoms with Crippen LogP contribution in [0.15, 0.2) is 63.8 Å². The van der Waals surface area contributed by atoms with Crippen molar-refractivity contribution in [1.29, 1.82) is 0 Å². The van der Waals surface area contributed by atoms with E-state index in [4.69, 9.17) is 9.15 Å². The highest BCUT2D eigenvalue weighted by atomic mass is 16.5. The van der Waals surface area contributed by atoms with Crippen LogP contribution in [0, 0.1) is 0 Å². The molecule has 0 saturated carbocycles. The normalized spacial score (nSPS) is 17.1. The Balaban J connectivity index is 1.86. The molecule has 1 aromatic heterocycles. The predicted octanol–water partition coefficient (Wildman–Crippen LogP) is 3.50. The highest BCUT2D eigenvalue weighted by Gasteiger charge is 2.30. The summed E-state index contributed by atoms with van der Waals surface area (Å²) < 4.78 is 11.2. The van der Waals surface area contributed by atoms with Gasteiger partial charge in [0.25, 0.3) is 0 Å². The molecule has 4 nitrogen and oxygen atoms in total. The van der Waals surface area contributed by atoms with E-state index in [1.165, 1.54) is 6.07 Å². The van der Waals surface area contributed by atoms with Crippen molar-refractivity contribution in [3.05, 3.63) is 76.1 Å². The fraction of sp³-hybridized carbons (Fsp3) is 0.111. The molecule has 1 aliphatic heterocycles. The van der Waals surface area contributed by atoms with Crippen molar-refractivity contribution in [1.82, 2.24) is 0 Å². The van der Waals surface area contributed by atoms with Crippen molar-refractivity contribution in [2.45, 2.75) is 12.5 Å². The minimum Gasteiger partial charge on any atom is -0.484 e. The van der Waals surface area contributed by atoms with Gasteiger partial charge < -0.3 is 9.15 Å². The van der Waals surface area contributed by atoms with Crippen LogP contribution >= 0.6 is 0 Å². The molecule has 0 fully saturated rings. The topological polar surface area (TPSA) is 56.5 Å². The van der Waals surface area contributed by atoms with E-state index >= 15 is 0 Å². The van der Waals surface area contributed by atoms with Crippen LogP contribution in [0.1, 0.15) is 28.4 Å². The molecule has 0 saturated heterocycles. The van der Waals surface area contributed by atoms with Crippen LogP contribution in [0.5, 0.6) is 5.75 Å². The molecule has 108 valence electrons. The van der Waals surface area contributed by atoms with Gasteiger partial charge in [0, 0.05) is 11.5 Å². The molecule has 22 heavy (non-hydrogen) atoms.